The molecule has 0 saturated heterocycles. The minimum absolute atomic E-state index is 0.0641. The summed E-state index contributed by atoms with van der Waals surface area (Å²) < 4.78 is 5.22. The Bertz CT molecular complexity index is 1350. The highest BCUT2D eigenvalue weighted by atomic mass is 32.1. The number of methoxy groups -OCH3 is 1. The maximum Gasteiger partial charge on any atom is 0.155 e. The largest absolute Gasteiger partial charge is 0.509 e. The zero-order valence-electron chi connectivity index (χ0n) is 22.4. The van der Waals surface area contributed by atoms with E-state index in [1.807, 2.05) is 41.8 Å². The molecular formula is C29H34N4O3S. The predicted molar refractivity (Wildman–Crippen MR) is 151 cm³/mol. The summed E-state index contributed by atoms with van der Waals surface area (Å²) in [6.45, 7) is 12.5. The summed E-state index contributed by atoms with van der Waals surface area (Å²) in [6.07, 6.45) is 1.68. The fourth-order valence-electron chi connectivity index (χ4n) is 4.18. The van der Waals surface area contributed by atoms with Crippen LogP contribution in [0.3, 0.4) is 0 Å². The average Bonchev–Trinajstić information content (AvgIpc) is 3.40. The Morgan fingerprint density at radius 3 is 2.16 bits per heavy atom. The normalized spacial score (nSPS) is 14.8. The first-order valence-corrected chi connectivity index (χ1v) is 13.0. The highest BCUT2D eigenvalue weighted by molar-refractivity contribution is 7.11. The molecule has 4 rings (SSSR count). The maximum atomic E-state index is 11.0. The lowest BCUT2D eigenvalue weighted by Gasteiger charge is -2.27. The molecule has 0 atom stereocenters. The number of aromatic hydroxyl groups is 1. The molecule has 1 aromatic heterocycles. The number of ether oxygens (including phenoxy) is 1. The van der Waals surface area contributed by atoms with Gasteiger partial charge in [-0.05, 0) is 52.8 Å². The van der Waals surface area contributed by atoms with E-state index < -0.39 is 0 Å². The third kappa shape index (κ3) is 5.39. The van der Waals surface area contributed by atoms with Crippen molar-refractivity contribution in [3.8, 4) is 22.8 Å². The van der Waals surface area contributed by atoms with E-state index in [1.165, 1.54) is 16.3 Å². The van der Waals surface area contributed by atoms with Gasteiger partial charge in [0.1, 0.15) is 28.8 Å². The van der Waals surface area contributed by atoms with Crippen LogP contribution >= 0.6 is 11.3 Å². The Kier molecular flexibility index (Phi) is 6.90. The first-order valence-electron chi connectivity index (χ1n) is 12.1. The van der Waals surface area contributed by atoms with Crippen LogP contribution in [0.1, 0.15) is 63.2 Å². The first kappa shape index (κ1) is 26.4. The minimum Gasteiger partial charge on any atom is -0.509 e. The van der Waals surface area contributed by atoms with Gasteiger partial charge in [-0.15, -0.1) is 11.3 Å². The van der Waals surface area contributed by atoms with Crippen molar-refractivity contribution in [1.82, 2.24) is 9.99 Å². The monoisotopic (exact) mass is 518 g/mol. The summed E-state index contributed by atoms with van der Waals surface area (Å²) in [5.74, 6) is 1.23. The van der Waals surface area contributed by atoms with E-state index in [0.29, 0.717) is 16.3 Å². The molecule has 0 fully saturated rings. The molecule has 7 nitrogen and oxygen atoms in total. The minimum atomic E-state index is -0.256. The van der Waals surface area contributed by atoms with Crippen molar-refractivity contribution in [2.45, 2.75) is 52.4 Å². The number of nitrogens with zero attached hydrogens (tertiary/aromatic N) is 3. The SMILES string of the molecule is COc1ccc(-c2csc(C3=C(O)CN(N=Cc4cc(C(C)(C)C)c(O)c(C(C)(C)C)c4)C3=N)n2)cc1. The van der Waals surface area contributed by atoms with E-state index >= 15 is 0 Å². The van der Waals surface area contributed by atoms with Gasteiger partial charge in [-0.2, -0.15) is 5.10 Å². The van der Waals surface area contributed by atoms with Crippen LogP contribution < -0.4 is 4.74 Å². The fraction of sp³-hybridized carbons (Fsp3) is 0.345. The number of hydrazone groups is 1. The summed E-state index contributed by atoms with van der Waals surface area (Å²) in [4.78, 5) is 4.67. The highest BCUT2D eigenvalue weighted by Crippen LogP contribution is 2.39. The Morgan fingerprint density at radius 1 is 1.03 bits per heavy atom. The number of phenols is 1. The number of aliphatic hydroxyl groups excluding tert-OH is 1. The summed E-state index contributed by atoms with van der Waals surface area (Å²) in [5, 5.41) is 38.8. The van der Waals surface area contributed by atoms with Gasteiger partial charge in [-0.1, -0.05) is 41.5 Å². The van der Waals surface area contributed by atoms with Crippen LogP contribution in [0.2, 0.25) is 0 Å². The van der Waals surface area contributed by atoms with Crippen LogP contribution in [0.25, 0.3) is 16.8 Å². The molecule has 0 amide bonds. The molecular weight excluding hydrogens is 484 g/mol. The number of hydrogen-bond acceptors (Lipinski definition) is 7. The van der Waals surface area contributed by atoms with Crippen LogP contribution in [0.4, 0.5) is 0 Å². The number of benzene rings is 2. The lowest BCUT2D eigenvalue weighted by Crippen LogP contribution is -2.21. The lowest BCUT2D eigenvalue weighted by atomic mass is 9.78. The smallest absolute Gasteiger partial charge is 0.155 e. The molecule has 3 N–H and O–H groups in total. The van der Waals surface area contributed by atoms with Gasteiger partial charge in [0.05, 0.1) is 24.6 Å². The van der Waals surface area contributed by atoms with Gasteiger partial charge in [0.25, 0.3) is 0 Å². The van der Waals surface area contributed by atoms with Crippen molar-refractivity contribution in [3.05, 3.63) is 69.2 Å². The third-order valence-electron chi connectivity index (χ3n) is 6.28. The second kappa shape index (κ2) is 9.67. The van der Waals surface area contributed by atoms with E-state index in [0.717, 1.165) is 33.7 Å². The molecule has 2 heterocycles. The maximum absolute atomic E-state index is 11.0. The Morgan fingerprint density at radius 2 is 1.62 bits per heavy atom. The first-order chi connectivity index (χ1) is 17.3. The zero-order valence-corrected chi connectivity index (χ0v) is 23.2. The quantitative estimate of drug-likeness (QED) is 0.326. The number of amidine groups is 1. The third-order valence-corrected chi connectivity index (χ3v) is 7.14. The molecule has 0 spiro atoms. The second-order valence-corrected chi connectivity index (χ2v) is 12.1. The summed E-state index contributed by atoms with van der Waals surface area (Å²) in [5.41, 5.74) is 4.08. The van der Waals surface area contributed by atoms with Crippen molar-refractivity contribution in [2.24, 2.45) is 5.10 Å². The number of nitrogens with one attached hydrogen (secondary N) is 1. The molecule has 1 aliphatic heterocycles. The molecule has 0 saturated carbocycles. The van der Waals surface area contributed by atoms with E-state index in [-0.39, 0.29) is 29.0 Å². The Labute approximate surface area is 222 Å². The number of hydrogen-bond donors (Lipinski definition) is 3. The standard InChI is InChI=1S/C29H34N4O3S/c1-28(2,3)20-12-17(13-21(25(20)35)29(4,5)6)14-31-33-15-23(34)24(26(33)30)27-32-22(16-37-27)18-8-10-19(36-7)11-9-18/h8-14,16,30,34-35H,15H2,1-7H3. The van der Waals surface area contributed by atoms with E-state index in [4.69, 9.17) is 10.1 Å². The number of thiazole rings is 1. The second-order valence-electron chi connectivity index (χ2n) is 11.2. The van der Waals surface area contributed by atoms with E-state index in [9.17, 15) is 10.2 Å². The van der Waals surface area contributed by atoms with Crippen LogP contribution in [0, 0.1) is 5.41 Å². The number of phenolic OH excluding ortho intramolecular Hbond substituents is 1. The van der Waals surface area contributed by atoms with Gasteiger partial charge in [-0.25, -0.2) is 9.99 Å². The number of aromatic nitrogens is 1. The lowest BCUT2D eigenvalue weighted by molar-refractivity contribution is 0.358. The molecule has 1 aliphatic rings. The molecule has 0 aliphatic carbocycles. The van der Waals surface area contributed by atoms with Crippen LogP contribution in [0.15, 0.2) is 52.6 Å². The van der Waals surface area contributed by atoms with Gasteiger partial charge in [-0.3, -0.25) is 5.41 Å². The predicted octanol–water partition coefficient (Wildman–Crippen LogP) is 6.72. The van der Waals surface area contributed by atoms with Gasteiger partial charge in [0.2, 0.25) is 0 Å². The van der Waals surface area contributed by atoms with Gasteiger partial charge >= 0.3 is 0 Å². The molecule has 0 radical (unpaired) electrons. The summed E-state index contributed by atoms with van der Waals surface area (Å²) in [7, 11) is 1.62. The van der Waals surface area contributed by atoms with Crippen molar-refractivity contribution in [1.29, 1.82) is 5.41 Å². The van der Waals surface area contributed by atoms with E-state index in [2.05, 4.69) is 51.6 Å². The summed E-state index contributed by atoms with van der Waals surface area (Å²) >= 11 is 1.38. The van der Waals surface area contributed by atoms with Gasteiger partial charge in [0, 0.05) is 22.1 Å². The van der Waals surface area contributed by atoms with Crippen molar-refractivity contribution in [3.63, 3.8) is 0 Å². The van der Waals surface area contributed by atoms with Gasteiger partial charge in [0.15, 0.2) is 5.84 Å². The zero-order chi connectivity index (χ0) is 27.1. The molecule has 194 valence electrons. The molecule has 8 heteroatoms. The molecule has 2 aromatic carbocycles. The number of rotatable bonds is 5. The molecule has 0 bridgehead atoms. The van der Waals surface area contributed by atoms with Crippen molar-refractivity contribution in [2.75, 3.05) is 13.7 Å². The van der Waals surface area contributed by atoms with Crippen LogP contribution in [-0.2, 0) is 10.8 Å². The average molecular weight is 519 g/mol. The van der Waals surface area contributed by atoms with E-state index in [1.54, 1.807) is 13.3 Å². The Hall–Kier alpha value is -3.65. The number of aliphatic hydroxyl groups is 1. The van der Waals surface area contributed by atoms with Crippen LogP contribution in [0.5, 0.6) is 11.5 Å². The van der Waals surface area contributed by atoms with Gasteiger partial charge < -0.3 is 14.9 Å². The van der Waals surface area contributed by atoms with Crippen molar-refractivity contribution < 1.29 is 14.9 Å². The van der Waals surface area contributed by atoms with Crippen LogP contribution in [-0.4, -0.2) is 45.9 Å². The van der Waals surface area contributed by atoms with Crippen molar-refractivity contribution >= 4 is 29.0 Å². The highest BCUT2D eigenvalue weighted by Gasteiger charge is 2.31. The topological polar surface area (TPSA) is 102 Å². The molecule has 3 aromatic rings. The Balaban J connectivity index is 1.59. The fourth-order valence-corrected chi connectivity index (χ4v) is 5.08. The summed E-state index contributed by atoms with van der Waals surface area (Å²) in [6, 6.07) is 11.5. The molecule has 0 unspecified atom stereocenters. The molecule has 37 heavy (non-hydrogen) atoms.